The van der Waals surface area contributed by atoms with E-state index in [1.54, 1.807) is 0 Å². The highest BCUT2D eigenvalue weighted by Crippen LogP contribution is 2.41. The third kappa shape index (κ3) is 4.02. The fourth-order valence-electron chi connectivity index (χ4n) is 3.88. The van der Waals surface area contributed by atoms with Crippen molar-refractivity contribution < 1.29 is 4.43 Å². The maximum absolute atomic E-state index is 6.25. The molecular weight excluding hydrogens is 248 g/mol. The Labute approximate surface area is 121 Å². The maximum atomic E-state index is 6.25. The van der Waals surface area contributed by atoms with Crippen molar-refractivity contribution in [2.45, 2.75) is 90.3 Å². The summed E-state index contributed by atoms with van der Waals surface area (Å²) in [4.78, 5) is 0. The van der Waals surface area contributed by atoms with E-state index < -0.39 is 8.32 Å². The molecule has 0 bridgehead atoms. The third-order valence-electron chi connectivity index (χ3n) is 4.87. The van der Waals surface area contributed by atoms with Gasteiger partial charge in [0.15, 0.2) is 0 Å². The number of rotatable bonds is 5. The lowest BCUT2D eigenvalue weighted by Crippen LogP contribution is -2.46. The molecule has 1 aliphatic carbocycles. The zero-order valence-electron chi connectivity index (χ0n) is 13.8. The molecule has 0 spiro atoms. The van der Waals surface area contributed by atoms with Crippen LogP contribution >= 0.6 is 0 Å². The van der Waals surface area contributed by atoms with Gasteiger partial charge in [-0.05, 0) is 35.4 Å². The first-order valence-corrected chi connectivity index (χ1v) is 10.2. The summed E-state index contributed by atoms with van der Waals surface area (Å²) < 4.78 is 6.25. The average Bonchev–Trinajstić information content (AvgIpc) is 2.80. The van der Waals surface area contributed by atoms with E-state index in [-0.39, 0.29) is 0 Å². The maximum Gasteiger partial charge on any atom is 0.272 e. The van der Waals surface area contributed by atoms with Crippen LogP contribution in [0.4, 0.5) is 0 Å². The summed E-state index contributed by atoms with van der Waals surface area (Å²) in [5, 5.41) is 0. The highest BCUT2D eigenvalue weighted by molar-refractivity contribution is 6.77. The second-order valence-electron chi connectivity index (χ2n) is 7.05. The second kappa shape index (κ2) is 7.38. The Balaban J connectivity index is 2.64. The lowest BCUT2D eigenvalue weighted by atomic mass is 10.1. The molecule has 0 heterocycles. The van der Waals surface area contributed by atoms with E-state index in [0.29, 0.717) is 16.6 Å². The second-order valence-corrected chi connectivity index (χ2v) is 12.4. The average molecular weight is 281 g/mol. The summed E-state index contributed by atoms with van der Waals surface area (Å²) in [5.41, 5.74) is 1.86. The molecule has 19 heavy (non-hydrogen) atoms. The van der Waals surface area contributed by atoms with E-state index in [1.807, 2.05) is 0 Å². The van der Waals surface area contributed by atoms with Crippen molar-refractivity contribution in [1.82, 2.24) is 0 Å². The van der Waals surface area contributed by atoms with Gasteiger partial charge in [-0.3, -0.25) is 0 Å². The van der Waals surface area contributed by atoms with E-state index in [4.69, 9.17) is 4.43 Å². The van der Waals surface area contributed by atoms with Gasteiger partial charge in [-0.1, -0.05) is 60.3 Å². The fourth-order valence-corrected chi connectivity index (χ4v) is 8.83. The number of hydrogen-bond donors (Lipinski definition) is 0. The molecule has 1 aliphatic rings. The van der Waals surface area contributed by atoms with E-state index in [2.05, 4.69) is 53.6 Å². The smallest absolute Gasteiger partial charge is 0.272 e. The van der Waals surface area contributed by atoms with E-state index in [1.165, 1.54) is 25.7 Å². The molecular formula is C17H32OSi. The molecule has 0 aliphatic heterocycles. The molecule has 0 amide bonds. The monoisotopic (exact) mass is 280 g/mol. The van der Waals surface area contributed by atoms with Crippen LogP contribution in [0.15, 0.2) is 0 Å². The molecule has 0 saturated heterocycles. The molecule has 1 rings (SSSR count). The highest BCUT2D eigenvalue weighted by atomic mass is 28.4. The Morgan fingerprint density at radius 3 is 1.84 bits per heavy atom. The summed E-state index contributed by atoms with van der Waals surface area (Å²) in [7, 11) is -1.78. The van der Waals surface area contributed by atoms with Crippen molar-refractivity contribution in [3.8, 4) is 12.0 Å². The SMILES string of the molecule is CC(C)[Si](OC#CCC1CCCC1)(C(C)C)C(C)C. The summed E-state index contributed by atoms with van der Waals surface area (Å²) in [6.07, 6.45) is 9.69. The van der Waals surface area contributed by atoms with Crippen LogP contribution in [0.5, 0.6) is 0 Å². The minimum atomic E-state index is -1.78. The Morgan fingerprint density at radius 1 is 0.947 bits per heavy atom. The van der Waals surface area contributed by atoms with Gasteiger partial charge < -0.3 is 4.43 Å². The van der Waals surface area contributed by atoms with Gasteiger partial charge >= 0.3 is 0 Å². The van der Waals surface area contributed by atoms with Gasteiger partial charge in [0.1, 0.15) is 0 Å². The van der Waals surface area contributed by atoms with Crippen LogP contribution in [-0.2, 0) is 4.43 Å². The topological polar surface area (TPSA) is 9.23 Å². The lowest BCUT2D eigenvalue weighted by Gasteiger charge is -2.39. The zero-order valence-corrected chi connectivity index (χ0v) is 14.8. The van der Waals surface area contributed by atoms with Gasteiger partial charge in [0.05, 0.1) is 6.11 Å². The van der Waals surface area contributed by atoms with Crippen molar-refractivity contribution >= 4 is 8.32 Å². The first-order chi connectivity index (χ1) is 8.91. The van der Waals surface area contributed by atoms with Gasteiger partial charge in [0.2, 0.25) is 0 Å². The van der Waals surface area contributed by atoms with Gasteiger partial charge in [-0.25, -0.2) is 0 Å². The summed E-state index contributed by atoms with van der Waals surface area (Å²) in [6, 6.07) is 0. The Bertz CT molecular complexity index is 294. The Morgan fingerprint density at radius 2 is 1.42 bits per heavy atom. The molecule has 1 nitrogen and oxygen atoms in total. The molecule has 0 aromatic heterocycles. The van der Waals surface area contributed by atoms with Crippen LogP contribution in [0.2, 0.25) is 16.6 Å². The van der Waals surface area contributed by atoms with Crippen molar-refractivity contribution in [2.24, 2.45) is 5.92 Å². The van der Waals surface area contributed by atoms with Crippen LogP contribution in [-0.4, -0.2) is 8.32 Å². The molecule has 0 aromatic rings. The van der Waals surface area contributed by atoms with Crippen LogP contribution in [0.1, 0.15) is 73.6 Å². The van der Waals surface area contributed by atoms with Gasteiger partial charge in [-0.2, -0.15) is 0 Å². The van der Waals surface area contributed by atoms with Crippen molar-refractivity contribution in [3.63, 3.8) is 0 Å². The summed E-state index contributed by atoms with van der Waals surface area (Å²) >= 11 is 0. The molecule has 2 heteroatoms. The van der Waals surface area contributed by atoms with Crippen molar-refractivity contribution in [3.05, 3.63) is 0 Å². The van der Waals surface area contributed by atoms with E-state index in [0.717, 1.165) is 12.3 Å². The van der Waals surface area contributed by atoms with Crippen LogP contribution < -0.4 is 0 Å². The molecule has 1 saturated carbocycles. The zero-order chi connectivity index (χ0) is 14.5. The third-order valence-corrected chi connectivity index (χ3v) is 10.7. The Hall–Kier alpha value is -0.423. The number of hydrogen-bond acceptors (Lipinski definition) is 1. The van der Waals surface area contributed by atoms with Gasteiger partial charge in [0.25, 0.3) is 8.32 Å². The fraction of sp³-hybridized carbons (Fsp3) is 0.882. The summed E-state index contributed by atoms with van der Waals surface area (Å²) in [6.45, 7) is 13.9. The minimum Gasteiger partial charge on any atom is -0.500 e. The van der Waals surface area contributed by atoms with E-state index >= 15 is 0 Å². The van der Waals surface area contributed by atoms with Crippen molar-refractivity contribution in [1.29, 1.82) is 0 Å². The molecule has 1 fully saturated rings. The van der Waals surface area contributed by atoms with Crippen LogP contribution in [0, 0.1) is 17.9 Å². The predicted molar refractivity (Wildman–Crippen MR) is 86.5 cm³/mol. The van der Waals surface area contributed by atoms with Gasteiger partial charge in [0, 0.05) is 6.42 Å². The first kappa shape index (κ1) is 16.6. The Kier molecular flexibility index (Phi) is 6.46. The summed E-state index contributed by atoms with van der Waals surface area (Å²) in [5.74, 6) is 4.15. The quantitative estimate of drug-likeness (QED) is 0.462. The van der Waals surface area contributed by atoms with Crippen LogP contribution in [0.25, 0.3) is 0 Å². The molecule has 0 radical (unpaired) electrons. The standard InChI is InChI=1S/C17H32OSi/c1-14(2)19(15(3)4,16(5)6)18-13-9-12-17-10-7-8-11-17/h14-17H,7-8,10-12H2,1-6H3. The minimum absolute atomic E-state index is 0.619. The van der Waals surface area contributed by atoms with Crippen molar-refractivity contribution in [2.75, 3.05) is 0 Å². The van der Waals surface area contributed by atoms with Crippen LogP contribution in [0.3, 0.4) is 0 Å². The molecule has 0 atom stereocenters. The van der Waals surface area contributed by atoms with E-state index in [9.17, 15) is 0 Å². The lowest BCUT2D eigenvalue weighted by molar-refractivity contribution is 0.445. The van der Waals surface area contributed by atoms with Gasteiger partial charge in [-0.15, -0.1) is 0 Å². The molecule has 0 unspecified atom stereocenters. The molecule has 0 N–H and O–H groups in total. The largest absolute Gasteiger partial charge is 0.500 e. The molecule has 110 valence electrons. The normalized spacial score (nSPS) is 17.1. The molecule has 0 aromatic carbocycles. The highest BCUT2D eigenvalue weighted by Gasteiger charge is 2.46. The first-order valence-electron chi connectivity index (χ1n) is 8.07. The predicted octanol–water partition coefficient (Wildman–Crippen LogP) is 5.72.